The van der Waals surface area contributed by atoms with Crippen LogP contribution in [0.2, 0.25) is 0 Å². The minimum Gasteiger partial charge on any atom is -0.496 e. The van der Waals surface area contributed by atoms with Gasteiger partial charge in [-0.3, -0.25) is 0 Å². The minimum absolute atomic E-state index is 0.542. The summed E-state index contributed by atoms with van der Waals surface area (Å²) in [4.78, 5) is 4.78. The maximum atomic E-state index is 6.31. The van der Waals surface area contributed by atoms with Gasteiger partial charge in [0.1, 0.15) is 23.1 Å². The van der Waals surface area contributed by atoms with Gasteiger partial charge >= 0.3 is 0 Å². The van der Waals surface area contributed by atoms with E-state index >= 15 is 0 Å². The Bertz CT molecular complexity index is 641. The number of para-hydroxylation sites is 1. The molecule has 1 aromatic carbocycles. The number of nitrogens with zero attached hydrogens (tertiary/aromatic N) is 2. The van der Waals surface area contributed by atoms with E-state index in [0.29, 0.717) is 18.3 Å². The van der Waals surface area contributed by atoms with Crippen LogP contribution in [-0.2, 0) is 6.54 Å². The SMILES string of the molecule is C=CCn1c(C2CC2)nc(-c2ccccc2OC)c1N. The van der Waals surface area contributed by atoms with Crippen molar-refractivity contribution in [2.45, 2.75) is 25.3 Å². The summed E-state index contributed by atoms with van der Waals surface area (Å²) in [7, 11) is 1.66. The number of anilines is 1. The molecule has 0 atom stereocenters. The monoisotopic (exact) mass is 269 g/mol. The molecule has 1 fully saturated rings. The minimum atomic E-state index is 0.542. The van der Waals surface area contributed by atoms with Crippen LogP contribution in [0.1, 0.15) is 24.6 Å². The second-order valence-corrected chi connectivity index (χ2v) is 5.08. The maximum absolute atomic E-state index is 6.31. The number of methoxy groups -OCH3 is 1. The third-order valence-corrected chi connectivity index (χ3v) is 3.65. The first kappa shape index (κ1) is 12.8. The second kappa shape index (κ2) is 5.04. The molecule has 3 rings (SSSR count). The molecule has 0 bridgehead atoms. The normalized spacial score (nSPS) is 14.2. The van der Waals surface area contributed by atoms with E-state index in [9.17, 15) is 0 Å². The van der Waals surface area contributed by atoms with E-state index in [1.165, 1.54) is 12.8 Å². The number of hydrogen-bond acceptors (Lipinski definition) is 3. The van der Waals surface area contributed by atoms with Crippen molar-refractivity contribution in [2.24, 2.45) is 0 Å². The lowest BCUT2D eigenvalue weighted by Gasteiger charge is -2.08. The van der Waals surface area contributed by atoms with Crippen LogP contribution >= 0.6 is 0 Å². The third-order valence-electron chi connectivity index (χ3n) is 3.65. The highest BCUT2D eigenvalue weighted by Crippen LogP contribution is 2.43. The highest BCUT2D eigenvalue weighted by molar-refractivity contribution is 5.76. The number of imidazole rings is 1. The van der Waals surface area contributed by atoms with E-state index in [1.54, 1.807) is 7.11 Å². The van der Waals surface area contributed by atoms with Gasteiger partial charge in [0, 0.05) is 18.0 Å². The second-order valence-electron chi connectivity index (χ2n) is 5.08. The Balaban J connectivity index is 2.14. The molecule has 0 amide bonds. The fourth-order valence-electron chi connectivity index (χ4n) is 2.50. The molecule has 0 aliphatic heterocycles. The Morgan fingerprint density at radius 2 is 2.20 bits per heavy atom. The van der Waals surface area contributed by atoms with Crippen molar-refractivity contribution in [1.29, 1.82) is 0 Å². The number of rotatable bonds is 5. The summed E-state index contributed by atoms with van der Waals surface area (Å²) in [6, 6.07) is 7.84. The van der Waals surface area contributed by atoms with E-state index < -0.39 is 0 Å². The van der Waals surface area contributed by atoms with Crippen LogP contribution in [0, 0.1) is 0 Å². The molecule has 2 aromatic rings. The average molecular weight is 269 g/mol. The van der Waals surface area contributed by atoms with Crippen LogP contribution in [0.4, 0.5) is 5.82 Å². The number of benzene rings is 1. The van der Waals surface area contributed by atoms with E-state index in [1.807, 2.05) is 30.3 Å². The Morgan fingerprint density at radius 1 is 1.45 bits per heavy atom. The van der Waals surface area contributed by atoms with Gasteiger partial charge in [-0.15, -0.1) is 6.58 Å². The van der Waals surface area contributed by atoms with E-state index in [-0.39, 0.29) is 0 Å². The fourth-order valence-corrected chi connectivity index (χ4v) is 2.50. The van der Waals surface area contributed by atoms with Crippen LogP contribution in [0.3, 0.4) is 0 Å². The van der Waals surface area contributed by atoms with Crippen LogP contribution in [0.25, 0.3) is 11.3 Å². The van der Waals surface area contributed by atoms with Gasteiger partial charge in [0.05, 0.1) is 7.11 Å². The Kier molecular flexibility index (Phi) is 3.22. The van der Waals surface area contributed by atoms with E-state index in [0.717, 1.165) is 22.8 Å². The summed E-state index contributed by atoms with van der Waals surface area (Å²) in [6.07, 6.45) is 4.24. The predicted molar refractivity (Wildman–Crippen MR) is 80.8 cm³/mol. The molecule has 4 nitrogen and oxygen atoms in total. The van der Waals surface area contributed by atoms with Crippen LogP contribution < -0.4 is 10.5 Å². The first-order valence-electron chi connectivity index (χ1n) is 6.86. The number of allylic oxidation sites excluding steroid dienone is 1. The van der Waals surface area contributed by atoms with Gasteiger partial charge < -0.3 is 15.0 Å². The summed E-state index contributed by atoms with van der Waals surface area (Å²) in [5.41, 5.74) is 8.06. The standard InChI is InChI=1S/C16H19N3O/c1-3-10-19-15(17)14(18-16(19)11-8-9-11)12-6-4-5-7-13(12)20-2/h3-7,11H,1,8-10,17H2,2H3. The first-order valence-corrected chi connectivity index (χ1v) is 6.86. The number of hydrogen-bond donors (Lipinski definition) is 1. The zero-order valence-corrected chi connectivity index (χ0v) is 11.7. The van der Waals surface area contributed by atoms with Gasteiger partial charge in [-0.05, 0) is 25.0 Å². The van der Waals surface area contributed by atoms with Crippen LogP contribution in [0.15, 0.2) is 36.9 Å². The summed E-state index contributed by atoms with van der Waals surface area (Å²) in [6.45, 7) is 4.50. The molecule has 1 saturated carbocycles. The van der Waals surface area contributed by atoms with Crippen LogP contribution in [0.5, 0.6) is 5.75 Å². The van der Waals surface area contributed by atoms with Gasteiger partial charge in [0.25, 0.3) is 0 Å². The lowest BCUT2D eigenvalue weighted by atomic mass is 10.1. The smallest absolute Gasteiger partial charge is 0.132 e. The molecule has 1 aromatic heterocycles. The maximum Gasteiger partial charge on any atom is 0.132 e. The lowest BCUT2D eigenvalue weighted by Crippen LogP contribution is -2.05. The molecular weight excluding hydrogens is 250 g/mol. The van der Waals surface area contributed by atoms with Gasteiger partial charge in [-0.25, -0.2) is 4.98 Å². The number of nitrogens with two attached hydrogens (primary N) is 1. The molecule has 0 saturated heterocycles. The molecular formula is C16H19N3O. The average Bonchev–Trinajstić information content (AvgIpc) is 3.26. The quantitative estimate of drug-likeness (QED) is 0.848. The molecule has 1 heterocycles. The summed E-state index contributed by atoms with van der Waals surface area (Å²) >= 11 is 0. The van der Waals surface area contributed by atoms with Gasteiger partial charge in [-0.1, -0.05) is 18.2 Å². The highest BCUT2D eigenvalue weighted by atomic mass is 16.5. The number of aromatic nitrogens is 2. The highest BCUT2D eigenvalue weighted by Gasteiger charge is 2.31. The molecule has 0 unspecified atom stereocenters. The van der Waals surface area contributed by atoms with Crippen LogP contribution in [-0.4, -0.2) is 16.7 Å². The van der Waals surface area contributed by atoms with Gasteiger partial charge in [-0.2, -0.15) is 0 Å². The Labute approximate surface area is 118 Å². The van der Waals surface area contributed by atoms with Crippen molar-refractivity contribution in [2.75, 3.05) is 12.8 Å². The molecule has 4 heteroatoms. The summed E-state index contributed by atoms with van der Waals surface area (Å²) in [5.74, 6) is 3.10. The first-order chi connectivity index (χ1) is 9.76. The van der Waals surface area contributed by atoms with Crippen molar-refractivity contribution in [1.82, 2.24) is 9.55 Å². The zero-order valence-electron chi connectivity index (χ0n) is 11.7. The summed E-state index contributed by atoms with van der Waals surface area (Å²) in [5, 5.41) is 0. The molecule has 2 N–H and O–H groups in total. The molecule has 1 aliphatic carbocycles. The zero-order chi connectivity index (χ0) is 14.1. The Morgan fingerprint density at radius 3 is 2.85 bits per heavy atom. The third kappa shape index (κ3) is 2.07. The van der Waals surface area contributed by atoms with Gasteiger partial charge in [0.15, 0.2) is 0 Å². The number of ether oxygens (including phenoxy) is 1. The van der Waals surface area contributed by atoms with Gasteiger partial charge in [0.2, 0.25) is 0 Å². The molecule has 0 spiro atoms. The van der Waals surface area contributed by atoms with Crippen molar-refractivity contribution in [3.8, 4) is 17.0 Å². The van der Waals surface area contributed by atoms with E-state index in [4.69, 9.17) is 15.5 Å². The topological polar surface area (TPSA) is 53.1 Å². The Hall–Kier alpha value is -2.23. The lowest BCUT2D eigenvalue weighted by molar-refractivity contribution is 0.416. The van der Waals surface area contributed by atoms with Crippen molar-refractivity contribution < 1.29 is 4.74 Å². The fraction of sp³-hybridized carbons (Fsp3) is 0.312. The summed E-state index contributed by atoms with van der Waals surface area (Å²) < 4.78 is 7.48. The van der Waals surface area contributed by atoms with Crippen molar-refractivity contribution >= 4 is 5.82 Å². The number of nitrogen functional groups attached to an aromatic ring is 1. The van der Waals surface area contributed by atoms with E-state index in [2.05, 4.69) is 11.1 Å². The predicted octanol–water partition coefficient (Wildman–Crippen LogP) is 3.20. The molecule has 1 aliphatic rings. The molecule has 104 valence electrons. The largest absolute Gasteiger partial charge is 0.496 e. The van der Waals surface area contributed by atoms with Crippen molar-refractivity contribution in [3.63, 3.8) is 0 Å². The molecule has 20 heavy (non-hydrogen) atoms. The van der Waals surface area contributed by atoms with Crippen molar-refractivity contribution in [3.05, 3.63) is 42.7 Å². The molecule has 0 radical (unpaired) electrons.